The number of rotatable bonds is 3. The number of halogens is 1. The number of pyridine rings is 3. The fraction of sp³-hybridized carbons (Fsp3) is 0.0400. The molecule has 0 bridgehead atoms. The predicted molar refractivity (Wildman–Crippen MR) is 122 cm³/mol. The van der Waals surface area contributed by atoms with Gasteiger partial charge in [-0.05, 0) is 48.4 Å². The van der Waals surface area contributed by atoms with Crippen LogP contribution >= 0.6 is 0 Å². The van der Waals surface area contributed by atoms with E-state index in [0.29, 0.717) is 5.65 Å². The second kappa shape index (κ2) is 7.09. The van der Waals surface area contributed by atoms with Crippen LogP contribution in [0.4, 0.5) is 4.39 Å². The molecule has 6 nitrogen and oxygen atoms in total. The molecule has 6 aromatic rings. The molecule has 0 unspecified atom stereocenters. The van der Waals surface area contributed by atoms with Gasteiger partial charge in [0.2, 0.25) is 0 Å². The smallest absolute Gasteiger partial charge is 0.155 e. The van der Waals surface area contributed by atoms with Crippen LogP contribution < -0.4 is 0 Å². The number of aryl methyl sites for hydroxylation is 1. The molecule has 0 radical (unpaired) electrons. The fourth-order valence-electron chi connectivity index (χ4n) is 4.10. The Bertz CT molecular complexity index is 1580. The summed E-state index contributed by atoms with van der Waals surface area (Å²) in [7, 11) is 0. The number of hydrogen-bond acceptors (Lipinski definition) is 4. The summed E-state index contributed by atoms with van der Waals surface area (Å²) in [6.07, 6.45) is 8.89. The third kappa shape index (κ3) is 3.02. The lowest BCUT2D eigenvalue weighted by atomic mass is 10.0. The van der Waals surface area contributed by atoms with Crippen LogP contribution in [0.1, 0.15) is 5.56 Å². The maximum absolute atomic E-state index is 14.0. The molecule has 2 N–H and O–H groups in total. The molecule has 0 saturated carbocycles. The zero-order valence-corrected chi connectivity index (χ0v) is 17.1. The molecule has 154 valence electrons. The summed E-state index contributed by atoms with van der Waals surface area (Å²) < 4.78 is 14.0. The lowest BCUT2D eigenvalue weighted by Crippen LogP contribution is -1.85. The van der Waals surface area contributed by atoms with E-state index in [4.69, 9.17) is 0 Å². The lowest BCUT2D eigenvalue weighted by molar-refractivity contribution is 0.627. The first-order chi connectivity index (χ1) is 15.7. The minimum Gasteiger partial charge on any atom is -0.352 e. The highest BCUT2D eigenvalue weighted by Crippen LogP contribution is 2.34. The summed E-state index contributed by atoms with van der Waals surface area (Å²) in [5.74, 6) is -0.264. The summed E-state index contributed by atoms with van der Waals surface area (Å²) >= 11 is 0. The first-order valence-electron chi connectivity index (χ1n) is 10.1. The molecule has 5 aromatic heterocycles. The Morgan fingerprint density at radius 3 is 2.62 bits per heavy atom. The maximum atomic E-state index is 14.0. The monoisotopic (exact) mass is 420 g/mol. The van der Waals surface area contributed by atoms with Crippen LogP contribution in [0.2, 0.25) is 0 Å². The molecular weight excluding hydrogens is 403 g/mol. The quantitative estimate of drug-likeness (QED) is 0.386. The molecule has 0 aliphatic carbocycles. The first-order valence-corrected chi connectivity index (χ1v) is 10.1. The Kier molecular flexibility index (Phi) is 4.07. The molecule has 0 atom stereocenters. The van der Waals surface area contributed by atoms with Crippen LogP contribution in [-0.4, -0.2) is 30.1 Å². The maximum Gasteiger partial charge on any atom is 0.155 e. The SMILES string of the molecule is Cc1cc(F)cc(-c2cncc3[nH]c(-c4n[nH]c5ncc(-c6cccnc6)cc45)cc23)c1. The summed E-state index contributed by atoms with van der Waals surface area (Å²) in [4.78, 5) is 16.5. The fourth-order valence-corrected chi connectivity index (χ4v) is 4.10. The third-order valence-corrected chi connectivity index (χ3v) is 5.57. The Labute approximate surface area is 182 Å². The largest absolute Gasteiger partial charge is 0.352 e. The molecular formula is C25H17FN6. The van der Waals surface area contributed by atoms with Gasteiger partial charge in [0.05, 0.1) is 17.4 Å². The van der Waals surface area contributed by atoms with Crippen molar-refractivity contribution >= 4 is 21.9 Å². The van der Waals surface area contributed by atoms with Gasteiger partial charge in [-0.2, -0.15) is 5.10 Å². The normalized spacial score (nSPS) is 11.4. The number of aromatic amines is 2. The van der Waals surface area contributed by atoms with Gasteiger partial charge in [-0.25, -0.2) is 9.37 Å². The highest BCUT2D eigenvalue weighted by Gasteiger charge is 2.15. The molecule has 0 amide bonds. The van der Waals surface area contributed by atoms with Crippen LogP contribution in [0, 0.1) is 12.7 Å². The van der Waals surface area contributed by atoms with Gasteiger partial charge in [0.15, 0.2) is 5.65 Å². The number of nitrogens with one attached hydrogen (secondary N) is 2. The summed E-state index contributed by atoms with van der Waals surface area (Å²) in [5.41, 5.74) is 7.60. The zero-order valence-electron chi connectivity index (χ0n) is 17.1. The average Bonchev–Trinajstić information content (AvgIpc) is 3.42. The number of fused-ring (bicyclic) bond motifs is 2. The van der Waals surface area contributed by atoms with Crippen molar-refractivity contribution in [2.45, 2.75) is 6.92 Å². The highest BCUT2D eigenvalue weighted by atomic mass is 19.1. The van der Waals surface area contributed by atoms with Gasteiger partial charge in [-0.15, -0.1) is 0 Å². The second-order valence-corrected chi connectivity index (χ2v) is 7.78. The Morgan fingerprint density at radius 2 is 1.78 bits per heavy atom. The van der Waals surface area contributed by atoms with Gasteiger partial charge in [-0.3, -0.25) is 15.1 Å². The van der Waals surface area contributed by atoms with E-state index in [1.807, 2.05) is 37.4 Å². The molecule has 0 aliphatic heterocycles. The summed E-state index contributed by atoms with van der Waals surface area (Å²) in [6.45, 7) is 1.88. The molecule has 32 heavy (non-hydrogen) atoms. The highest BCUT2D eigenvalue weighted by molar-refractivity contribution is 6.00. The Morgan fingerprint density at radius 1 is 0.844 bits per heavy atom. The van der Waals surface area contributed by atoms with Crippen LogP contribution in [0.3, 0.4) is 0 Å². The van der Waals surface area contributed by atoms with E-state index in [-0.39, 0.29) is 5.82 Å². The third-order valence-electron chi connectivity index (χ3n) is 5.57. The molecule has 5 heterocycles. The van der Waals surface area contributed by atoms with Crippen LogP contribution in [0.25, 0.3) is 55.6 Å². The van der Waals surface area contributed by atoms with E-state index in [1.165, 1.54) is 12.1 Å². The van der Waals surface area contributed by atoms with E-state index in [9.17, 15) is 4.39 Å². The van der Waals surface area contributed by atoms with Crippen molar-refractivity contribution in [3.05, 3.63) is 84.8 Å². The molecule has 0 spiro atoms. The van der Waals surface area contributed by atoms with Crippen molar-refractivity contribution in [2.24, 2.45) is 0 Å². The van der Waals surface area contributed by atoms with Gasteiger partial charge in [0.25, 0.3) is 0 Å². The minimum absolute atomic E-state index is 0.264. The number of hydrogen-bond donors (Lipinski definition) is 2. The van der Waals surface area contributed by atoms with Crippen molar-refractivity contribution < 1.29 is 4.39 Å². The second-order valence-electron chi connectivity index (χ2n) is 7.78. The summed E-state index contributed by atoms with van der Waals surface area (Å²) in [5, 5.41) is 9.37. The van der Waals surface area contributed by atoms with Crippen molar-refractivity contribution in [2.75, 3.05) is 0 Å². The standard InChI is InChI=1S/C25H17FN6/c1-14-5-16(7-18(26)6-14)21-12-28-13-23-19(21)9-22(30-23)24-20-8-17(11-29-25(20)32-31-24)15-3-2-4-27-10-15/h2-13,30H,1H3,(H,29,31,32). The van der Waals surface area contributed by atoms with Crippen molar-refractivity contribution in [3.63, 3.8) is 0 Å². The molecule has 6 rings (SSSR count). The molecule has 7 heteroatoms. The topological polar surface area (TPSA) is 83.1 Å². The van der Waals surface area contributed by atoms with Crippen LogP contribution in [0.15, 0.2) is 73.4 Å². The van der Waals surface area contributed by atoms with Gasteiger partial charge in [0.1, 0.15) is 11.5 Å². The molecule has 1 aromatic carbocycles. The minimum atomic E-state index is -0.264. The van der Waals surface area contributed by atoms with Crippen LogP contribution in [0.5, 0.6) is 0 Å². The van der Waals surface area contributed by atoms with Crippen LogP contribution in [-0.2, 0) is 0 Å². The van der Waals surface area contributed by atoms with Gasteiger partial charge < -0.3 is 4.98 Å². The Balaban J connectivity index is 1.52. The van der Waals surface area contributed by atoms with E-state index < -0.39 is 0 Å². The number of aromatic nitrogens is 6. The predicted octanol–water partition coefficient (Wildman–Crippen LogP) is 5.68. The van der Waals surface area contributed by atoms with E-state index in [2.05, 4.69) is 36.2 Å². The Hall–Kier alpha value is -4.39. The van der Waals surface area contributed by atoms with Crippen molar-refractivity contribution in [3.8, 4) is 33.6 Å². The van der Waals surface area contributed by atoms with Crippen molar-refractivity contribution in [1.82, 2.24) is 30.1 Å². The van der Waals surface area contributed by atoms with E-state index in [1.54, 1.807) is 24.8 Å². The zero-order chi connectivity index (χ0) is 21.7. The molecule has 0 saturated heterocycles. The summed E-state index contributed by atoms with van der Waals surface area (Å²) in [6, 6.07) is 13.0. The average molecular weight is 420 g/mol. The van der Waals surface area contributed by atoms with Crippen molar-refractivity contribution in [1.29, 1.82) is 0 Å². The number of H-pyrrole nitrogens is 2. The van der Waals surface area contributed by atoms with Gasteiger partial charge in [-0.1, -0.05) is 12.1 Å². The first kappa shape index (κ1) is 18.4. The van der Waals surface area contributed by atoms with Gasteiger partial charge >= 0.3 is 0 Å². The molecule has 0 aliphatic rings. The number of benzene rings is 1. The van der Waals surface area contributed by atoms with E-state index >= 15 is 0 Å². The lowest BCUT2D eigenvalue weighted by Gasteiger charge is -2.05. The molecule has 0 fully saturated rings. The van der Waals surface area contributed by atoms with E-state index in [0.717, 1.165) is 55.5 Å². The van der Waals surface area contributed by atoms with Gasteiger partial charge in [0, 0.05) is 52.3 Å². The number of nitrogens with zero attached hydrogens (tertiary/aromatic N) is 4.